The fourth-order valence-electron chi connectivity index (χ4n) is 3.07. The van der Waals surface area contributed by atoms with Gasteiger partial charge in [0.05, 0.1) is 5.69 Å². The predicted molar refractivity (Wildman–Crippen MR) is 107 cm³/mol. The van der Waals surface area contributed by atoms with Crippen LogP contribution in [0.2, 0.25) is 0 Å². The minimum Gasteiger partial charge on any atom is -0.487 e. The topological polar surface area (TPSA) is 48.2 Å². The number of para-hydroxylation sites is 2. The van der Waals surface area contributed by atoms with E-state index in [1.54, 1.807) is 6.20 Å². The molecule has 0 radical (unpaired) electrons. The van der Waals surface area contributed by atoms with Gasteiger partial charge in [-0.15, -0.1) is 0 Å². The molecule has 0 aliphatic rings. The highest BCUT2D eigenvalue weighted by Gasteiger charge is 2.07. The quantitative estimate of drug-likeness (QED) is 0.468. The van der Waals surface area contributed by atoms with Gasteiger partial charge >= 0.3 is 0 Å². The highest BCUT2D eigenvalue weighted by Crippen LogP contribution is 2.27. The van der Waals surface area contributed by atoms with E-state index >= 15 is 0 Å². The van der Waals surface area contributed by atoms with Crippen LogP contribution in [0.15, 0.2) is 65.2 Å². The molecular formula is C23H20N2O2. The van der Waals surface area contributed by atoms with Crippen LogP contribution in [0.4, 0.5) is 0 Å². The molecule has 4 rings (SSSR count). The summed E-state index contributed by atoms with van der Waals surface area (Å²) in [6.45, 7) is 4.57. The molecule has 0 saturated heterocycles. The van der Waals surface area contributed by atoms with Gasteiger partial charge in [-0.2, -0.15) is 0 Å². The molecule has 0 aliphatic carbocycles. The Balaban J connectivity index is 1.52. The lowest BCUT2D eigenvalue weighted by atomic mass is 10.1. The number of hydrogen-bond donors (Lipinski definition) is 0. The lowest BCUT2D eigenvalue weighted by Gasteiger charge is -2.13. The van der Waals surface area contributed by atoms with E-state index in [4.69, 9.17) is 9.15 Å². The summed E-state index contributed by atoms with van der Waals surface area (Å²) in [5, 5.41) is 0. The van der Waals surface area contributed by atoms with Gasteiger partial charge in [0.1, 0.15) is 17.9 Å². The number of hydrogen-bond acceptors (Lipinski definition) is 4. The zero-order chi connectivity index (χ0) is 18.6. The minimum absolute atomic E-state index is 0.459. The molecule has 2 heterocycles. The monoisotopic (exact) mass is 356 g/mol. The average molecular weight is 356 g/mol. The smallest absolute Gasteiger partial charge is 0.220 e. The number of benzene rings is 2. The second-order valence-corrected chi connectivity index (χ2v) is 6.45. The van der Waals surface area contributed by atoms with Gasteiger partial charge in [0, 0.05) is 12.3 Å². The molecular weight excluding hydrogens is 336 g/mol. The van der Waals surface area contributed by atoms with Crippen LogP contribution in [0.3, 0.4) is 0 Å². The van der Waals surface area contributed by atoms with Crippen molar-refractivity contribution in [2.24, 2.45) is 0 Å². The van der Waals surface area contributed by atoms with E-state index in [0.717, 1.165) is 39.2 Å². The standard InChI is InChI=1S/C23H20N2O2/c1-16-13-18(10-11-22-25-20-8-3-4-9-21(20)27-22)14-17(2)23(16)26-15-19-7-5-6-12-24-19/h3-14H,15H2,1-2H3/b11-10+. The SMILES string of the molecule is Cc1cc(/C=C/c2nc3ccccc3o2)cc(C)c1OCc1ccccn1. The normalized spacial score (nSPS) is 11.3. The Labute approximate surface area is 158 Å². The summed E-state index contributed by atoms with van der Waals surface area (Å²) >= 11 is 0. The summed E-state index contributed by atoms with van der Waals surface area (Å²) in [4.78, 5) is 8.77. The maximum Gasteiger partial charge on any atom is 0.220 e. The fourth-order valence-corrected chi connectivity index (χ4v) is 3.07. The zero-order valence-electron chi connectivity index (χ0n) is 15.3. The largest absolute Gasteiger partial charge is 0.487 e. The summed E-state index contributed by atoms with van der Waals surface area (Å²) < 4.78 is 11.7. The first kappa shape index (κ1) is 17.0. The fraction of sp³-hybridized carbons (Fsp3) is 0.130. The van der Waals surface area contributed by atoms with Crippen LogP contribution < -0.4 is 4.74 Å². The predicted octanol–water partition coefficient (Wildman–Crippen LogP) is 5.59. The van der Waals surface area contributed by atoms with Crippen LogP contribution in [0.25, 0.3) is 23.3 Å². The van der Waals surface area contributed by atoms with Crippen LogP contribution in [0.1, 0.15) is 28.3 Å². The van der Waals surface area contributed by atoms with E-state index in [-0.39, 0.29) is 0 Å². The molecule has 0 unspecified atom stereocenters. The van der Waals surface area contributed by atoms with Crippen molar-refractivity contribution >= 4 is 23.3 Å². The number of aromatic nitrogens is 2. The molecule has 4 aromatic rings. The molecule has 134 valence electrons. The Morgan fingerprint density at radius 1 is 0.963 bits per heavy atom. The second kappa shape index (κ2) is 7.46. The van der Waals surface area contributed by atoms with E-state index in [0.29, 0.717) is 12.5 Å². The third-order valence-electron chi connectivity index (χ3n) is 4.30. The van der Waals surface area contributed by atoms with Gasteiger partial charge in [-0.05, 0) is 73.0 Å². The second-order valence-electron chi connectivity index (χ2n) is 6.45. The molecule has 2 aromatic carbocycles. The van der Waals surface area contributed by atoms with E-state index in [1.165, 1.54) is 0 Å². The van der Waals surface area contributed by atoms with E-state index in [9.17, 15) is 0 Å². The van der Waals surface area contributed by atoms with Crippen LogP contribution in [-0.4, -0.2) is 9.97 Å². The van der Waals surface area contributed by atoms with Gasteiger partial charge in [0.25, 0.3) is 0 Å². The van der Waals surface area contributed by atoms with Gasteiger partial charge in [-0.3, -0.25) is 4.98 Å². The molecule has 0 aliphatic heterocycles. The van der Waals surface area contributed by atoms with Crippen LogP contribution in [0, 0.1) is 13.8 Å². The summed E-state index contributed by atoms with van der Waals surface area (Å²) in [5.74, 6) is 1.50. The Morgan fingerprint density at radius 2 is 1.74 bits per heavy atom. The molecule has 0 atom stereocenters. The third kappa shape index (κ3) is 3.90. The maximum absolute atomic E-state index is 5.99. The van der Waals surface area contributed by atoms with Crippen molar-refractivity contribution < 1.29 is 9.15 Å². The Morgan fingerprint density at radius 3 is 2.48 bits per heavy atom. The van der Waals surface area contributed by atoms with Crippen LogP contribution in [-0.2, 0) is 6.61 Å². The van der Waals surface area contributed by atoms with Gasteiger partial charge < -0.3 is 9.15 Å². The number of pyridine rings is 1. The molecule has 4 heteroatoms. The summed E-state index contributed by atoms with van der Waals surface area (Å²) in [5.41, 5.74) is 5.82. The van der Waals surface area contributed by atoms with Gasteiger partial charge in [-0.25, -0.2) is 4.98 Å². The number of ether oxygens (including phenoxy) is 1. The molecule has 27 heavy (non-hydrogen) atoms. The Bertz CT molecular complexity index is 1040. The van der Waals surface area contributed by atoms with Crippen LogP contribution >= 0.6 is 0 Å². The Kier molecular flexibility index (Phi) is 4.71. The highest BCUT2D eigenvalue weighted by molar-refractivity contribution is 5.76. The molecule has 4 nitrogen and oxygen atoms in total. The minimum atomic E-state index is 0.459. The first-order valence-corrected chi connectivity index (χ1v) is 8.87. The molecule has 0 bridgehead atoms. The number of nitrogens with zero attached hydrogens (tertiary/aromatic N) is 2. The molecule has 0 amide bonds. The highest BCUT2D eigenvalue weighted by atomic mass is 16.5. The first-order chi connectivity index (χ1) is 13.2. The summed E-state index contributed by atoms with van der Waals surface area (Å²) in [6, 6.07) is 17.8. The van der Waals surface area contributed by atoms with E-state index in [2.05, 4.69) is 35.9 Å². The lowest BCUT2D eigenvalue weighted by molar-refractivity contribution is 0.297. The Hall–Kier alpha value is -3.40. The molecule has 0 saturated carbocycles. The van der Waals surface area contributed by atoms with Crippen LogP contribution in [0.5, 0.6) is 5.75 Å². The zero-order valence-corrected chi connectivity index (χ0v) is 15.3. The summed E-state index contributed by atoms with van der Waals surface area (Å²) in [6.07, 6.45) is 5.67. The number of fused-ring (bicyclic) bond motifs is 1. The van der Waals surface area contributed by atoms with Crippen molar-refractivity contribution in [2.45, 2.75) is 20.5 Å². The van der Waals surface area contributed by atoms with Gasteiger partial charge in [-0.1, -0.05) is 18.2 Å². The summed E-state index contributed by atoms with van der Waals surface area (Å²) in [7, 11) is 0. The molecule has 2 aromatic heterocycles. The number of oxazole rings is 1. The molecule has 0 fully saturated rings. The van der Waals surface area contributed by atoms with E-state index < -0.39 is 0 Å². The lowest BCUT2D eigenvalue weighted by Crippen LogP contribution is -2.01. The van der Waals surface area contributed by atoms with Crippen molar-refractivity contribution in [2.75, 3.05) is 0 Å². The first-order valence-electron chi connectivity index (χ1n) is 8.87. The van der Waals surface area contributed by atoms with Crippen molar-refractivity contribution in [1.29, 1.82) is 0 Å². The van der Waals surface area contributed by atoms with E-state index in [1.807, 2.05) is 54.6 Å². The molecule has 0 N–H and O–H groups in total. The van der Waals surface area contributed by atoms with Crippen molar-refractivity contribution in [1.82, 2.24) is 9.97 Å². The van der Waals surface area contributed by atoms with Crippen molar-refractivity contribution in [3.63, 3.8) is 0 Å². The van der Waals surface area contributed by atoms with Gasteiger partial charge in [0.15, 0.2) is 5.58 Å². The van der Waals surface area contributed by atoms with Crippen molar-refractivity contribution in [3.8, 4) is 5.75 Å². The maximum atomic E-state index is 5.99. The average Bonchev–Trinajstić information content (AvgIpc) is 3.09. The van der Waals surface area contributed by atoms with Gasteiger partial charge in [0.2, 0.25) is 5.89 Å². The molecule has 0 spiro atoms. The number of rotatable bonds is 5. The number of aryl methyl sites for hydroxylation is 2. The third-order valence-corrected chi connectivity index (χ3v) is 4.30. The van der Waals surface area contributed by atoms with Crippen molar-refractivity contribution in [3.05, 3.63) is 89.1 Å².